The summed E-state index contributed by atoms with van der Waals surface area (Å²) in [7, 11) is 0. The number of amides is 1. The first-order chi connectivity index (χ1) is 12.7. The van der Waals surface area contributed by atoms with E-state index in [4.69, 9.17) is 4.42 Å². The molecule has 1 atom stereocenters. The molecule has 26 heavy (non-hydrogen) atoms. The molecule has 1 aromatic carbocycles. The first-order valence-electron chi connectivity index (χ1n) is 8.63. The fourth-order valence-corrected chi connectivity index (χ4v) is 3.27. The predicted octanol–water partition coefficient (Wildman–Crippen LogP) is 4.04. The average Bonchev–Trinajstić information content (AvgIpc) is 3.33. The minimum Gasteiger partial charge on any atom is -0.419 e. The van der Waals surface area contributed by atoms with Gasteiger partial charge < -0.3 is 9.73 Å². The van der Waals surface area contributed by atoms with Gasteiger partial charge in [0.1, 0.15) is 0 Å². The highest BCUT2D eigenvalue weighted by molar-refractivity contribution is 7.13. The van der Waals surface area contributed by atoms with Crippen LogP contribution >= 0.6 is 11.3 Å². The van der Waals surface area contributed by atoms with Gasteiger partial charge in [0.25, 0.3) is 5.89 Å². The molecule has 0 unspecified atom stereocenters. The summed E-state index contributed by atoms with van der Waals surface area (Å²) in [6, 6.07) is 13.0. The molecule has 3 rings (SSSR count). The Morgan fingerprint density at radius 1 is 1.23 bits per heavy atom. The number of nitrogens with one attached hydrogen (secondary N) is 1. The fraction of sp³-hybridized carbons (Fsp3) is 0.316. The number of hydrogen-bond acceptors (Lipinski definition) is 6. The average molecular weight is 370 g/mol. The monoisotopic (exact) mass is 370 g/mol. The predicted molar refractivity (Wildman–Crippen MR) is 103 cm³/mol. The molecule has 0 aliphatic rings. The zero-order chi connectivity index (χ0) is 18.4. The number of nitrogens with zero attached hydrogens (tertiary/aromatic N) is 3. The minimum atomic E-state index is -0.313. The Morgan fingerprint density at radius 3 is 2.73 bits per heavy atom. The SMILES string of the molecule is CCCN(Cc1nnc(-c2cccs2)o1)[C@H](C)C(=O)Nc1ccccc1. The summed E-state index contributed by atoms with van der Waals surface area (Å²) in [5.41, 5.74) is 0.790. The Balaban J connectivity index is 1.67. The van der Waals surface area contributed by atoms with Crippen molar-refractivity contribution in [2.45, 2.75) is 32.9 Å². The molecule has 136 valence electrons. The number of benzene rings is 1. The number of carbonyl (C=O) groups is 1. The lowest BCUT2D eigenvalue weighted by Crippen LogP contribution is -2.42. The van der Waals surface area contributed by atoms with Crippen molar-refractivity contribution in [3.05, 3.63) is 53.7 Å². The van der Waals surface area contributed by atoms with Gasteiger partial charge in [-0.1, -0.05) is 31.2 Å². The molecular weight excluding hydrogens is 348 g/mol. The molecule has 1 N–H and O–H groups in total. The first kappa shape index (κ1) is 18.3. The Labute approximate surface area is 156 Å². The number of carbonyl (C=O) groups excluding carboxylic acids is 1. The summed E-state index contributed by atoms with van der Waals surface area (Å²) in [6.07, 6.45) is 0.925. The molecular formula is C19H22N4O2S. The molecule has 6 nitrogen and oxygen atoms in total. The van der Waals surface area contributed by atoms with Crippen molar-refractivity contribution in [3.8, 4) is 10.8 Å². The Hall–Kier alpha value is -2.51. The summed E-state index contributed by atoms with van der Waals surface area (Å²) < 4.78 is 5.77. The highest BCUT2D eigenvalue weighted by Gasteiger charge is 2.23. The topological polar surface area (TPSA) is 71.3 Å². The van der Waals surface area contributed by atoms with Gasteiger partial charge >= 0.3 is 0 Å². The number of aromatic nitrogens is 2. The summed E-state index contributed by atoms with van der Waals surface area (Å²) in [4.78, 5) is 15.6. The second-order valence-electron chi connectivity index (χ2n) is 5.98. The smallest absolute Gasteiger partial charge is 0.257 e. The van der Waals surface area contributed by atoms with Gasteiger partial charge in [0.2, 0.25) is 11.8 Å². The fourth-order valence-electron chi connectivity index (χ4n) is 2.62. The molecule has 0 aliphatic heterocycles. The third-order valence-corrected chi connectivity index (χ3v) is 4.87. The van der Waals surface area contributed by atoms with Crippen molar-refractivity contribution in [1.29, 1.82) is 0 Å². The van der Waals surface area contributed by atoms with E-state index in [-0.39, 0.29) is 11.9 Å². The third-order valence-electron chi connectivity index (χ3n) is 4.02. The summed E-state index contributed by atoms with van der Waals surface area (Å²) in [5, 5.41) is 13.2. The zero-order valence-corrected chi connectivity index (χ0v) is 15.7. The van der Waals surface area contributed by atoms with Gasteiger partial charge in [-0.3, -0.25) is 9.69 Å². The van der Waals surface area contributed by atoms with Crippen molar-refractivity contribution in [2.24, 2.45) is 0 Å². The number of para-hydroxylation sites is 1. The minimum absolute atomic E-state index is 0.0531. The standard InChI is InChI=1S/C19H22N4O2S/c1-3-11-23(14(2)18(24)20-15-8-5-4-6-9-15)13-17-21-22-19(25-17)16-10-7-12-26-16/h4-10,12,14H,3,11,13H2,1-2H3,(H,20,24)/t14-/m1/s1. The van der Waals surface area contributed by atoms with Crippen molar-refractivity contribution >= 4 is 22.9 Å². The number of anilines is 1. The van der Waals surface area contributed by atoms with Crippen LogP contribution in [0.15, 0.2) is 52.3 Å². The van der Waals surface area contributed by atoms with E-state index in [1.165, 1.54) is 0 Å². The van der Waals surface area contributed by atoms with E-state index in [2.05, 4.69) is 22.4 Å². The van der Waals surface area contributed by atoms with Crippen molar-refractivity contribution in [3.63, 3.8) is 0 Å². The van der Waals surface area contributed by atoms with Gasteiger partial charge in [-0.25, -0.2) is 0 Å². The van der Waals surface area contributed by atoms with E-state index in [1.54, 1.807) is 11.3 Å². The molecule has 0 aliphatic carbocycles. The summed E-state index contributed by atoms with van der Waals surface area (Å²) >= 11 is 1.56. The van der Waals surface area contributed by atoms with Crippen LogP contribution in [0.2, 0.25) is 0 Å². The molecule has 0 saturated heterocycles. The van der Waals surface area contributed by atoms with Crippen molar-refractivity contribution < 1.29 is 9.21 Å². The van der Waals surface area contributed by atoms with E-state index >= 15 is 0 Å². The van der Waals surface area contributed by atoms with Crippen LogP contribution in [0, 0.1) is 0 Å². The maximum atomic E-state index is 12.6. The highest BCUT2D eigenvalue weighted by atomic mass is 32.1. The molecule has 0 fully saturated rings. The van der Waals surface area contributed by atoms with E-state index < -0.39 is 0 Å². The van der Waals surface area contributed by atoms with Gasteiger partial charge in [-0.05, 0) is 43.5 Å². The Morgan fingerprint density at radius 2 is 2.04 bits per heavy atom. The lowest BCUT2D eigenvalue weighted by Gasteiger charge is -2.26. The van der Waals surface area contributed by atoms with Gasteiger partial charge in [0.15, 0.2) is 0 Å². The lowest BCUT2D eigenvalue weighted by molar-refractivity contribution is -0.121. The molecule has 0 bridgehead atoms. The maximum absolute atomic E-state index is 12.6. The number of rotatable bonds is 8. The number of hydrogen-bond donors (Lipinski definition) is 1. The lowest BCUT2D eigenvalue weighted by atomic mass is 10.2. The normalized spacial score (nSPS) is 12.3. The molecule has 2 aromatic heterocycles. The third kappa shape index (κ3) is 4.56. The molecule has 0 saturated carbocycles. The van der Waals surface area contributed by atoms with Crippen LogP contribution in [0.5, 0.6) is 0 Å². The van der Waals surface area contributed by atoms with Gasteiger partial charge in [0.05, 0.1) is 17.5 Å². The van der Waals surface area contributed by atoms with Gasteiger partial charge in [0, 0.05) is 5.69 Å². The van der Waals surface area contributed by atoms with Crippen LogP contribution in [-0.4, -0.2) is 33.6 Å². The van der Waals surface area contributed by atoms with E-state index in [0.717, 1.165) is 23.5 Å². The molecule has 7 heteroatoms. The summed E-state index contributed by atoms with van der Waals surface area (Å²) in [6.45, 7) is 5.18. The van der Waals surface area contributed by atoms with Gasteiger partial charge in [-0.2, -0.15) is 0 Å². The second kappa shape index (κ2) is 8.73. The van der Waals surface area contributed by atoms with Crippen LogP contribution in [-0.2, 0) is 11.3 Å². The Kier molecular flexibility index (Phi) is 6.14. The van der Waals surface area contributed by atoms with Crippen LogP contribution < -0.4 is 5.32 Å². The molecule has 2 heterocycles. The van der Waals surface area contributed by atoms with Crippen LogP contribution in [0.4, 0.5) is 5.69 Å². The van der Waals surface area contributed by atoms with E-state index in [0.29, 0.717) is 18.3 Å². The molecule has 1 amide bonds. The highest BCUT2D eigenvalue weighted by Crippen LogP contribution is 2.23. The van der Waals surface area contributed by atoms with Gasteiger partial charge in [-0.15, -0.1) is 21.5 Å². The second-order valence-corrected chi connectivity index (χ2v) is 6.93. The van der Waals surface area contributed by atoms with E-state index in [9.17, 15) is 4.79 Å². The van der Waals surface area contributed by atoms with E-state index in [1.807, 2.05) is 59.7 Å². The Bertz CT molecular complexity index is 817. The zero-order valence-electron chi connectivity index (χ0n) is 14.9. The van der Waals surface area contributed by atoms with Crippen molar-refractivity contribution in [1.82, 2.24) is 15.1 Å². The molecule has 0 spiro atoms. The molecule has 3 aromatic rings. The van der Waals surface area contributed by atoms with Crippen LogP contribution in [0.25, 0.3) is 10.8 Å². The first-order valence-corrected chi connectivity index (χ1v) is 9.51. The maximum Gasteiger partial charge on any atom is 0.257 e. The largest absolute Gasteiger partial charge is 0.419 e. The quantitative estimate of drug-likeness (QED) is 0.648. The van der Waals surface area contributed by atoms with Crippen LogP contribution in [0.3, 0.4) is 0 Å². The van der Waals surface area contributed by atoms with Crippen molar-refractivity contribution in [2.75, 3.05) is 11.9 Å². The molecule has 0 radical (unpaired) electrons. The number of thiophene rings is 1. The summed E-state index contributed by atoms with van der Waals surface area (Å²) in [5.74, 6) is 0.983. The van der Waals surface area contributed by atoms with Crippen LogP contribution in [0.1, 0.15) is 26.2 Å².